The third kappa shape index (κ3) is 9.46. The molecule has 19 nitrogen and oxygen atoms in total. The summed E-state index contributed by atoms with van der Waals surface area (Å²) in [5.74, 6) is -2.71. The number of aliphatic hydroxyl groups excluding tert-OH is 1. The predicted octanol–water partition coefficient (Wildman–Crippen LogP) is 3.55. The molecule has 0 spiro atoms. The summed E-state index contributed by atoms with van der Waals surface area (Å²) in [6.07, 6.45) is -0.158. The topological polar surface area (TPSA) is 260 Å². The zero-order valence-electron chi connectivity index (χ0n) is 37.9. The largest absolute Gasteiger partial charge is 0.497 e. The second-order valence-corrected chi connectivity index (χ2v) is 16.3. The minimum atomic E-state index is -2.34. The fourth-order valence-electron chi connectivity index (χ4n) is 9.20. The minimum Gasteiger partial charge on any atom is -0.497 e. The van der Waals surface area contributed by atoms with Crippen molar-refractivity contribution < 1.29 is 72.0 Å². The van der Waals surface area contributed by atoms with Crippen molar-refractivity contribution in [2.24, 2.45) is 17.4 Å². The highest BCUT2D eigenvalue weighted by Gasteiger charge is 2.78. The molecule has 67 heavy (non-hydrogen) atoms. The fourth-order valence-corrected chi connectivity index (χ4v) is 9.20. The molecule has 3 fully saturated rings. The second-order valence-electron chi connectivity index (χ2n) is 16.3. The second kappa shape index (κ2) is 20.9. The molecule has 11 atom stereocenters. The van der Waals surface area contributed by atoms with Gasteiger partial charge in [0.2, 0.25) is 12.2 Å². The van der Waals surface area contributed by atoms with E-state index < -0.39 is 78.3 Å². The Bertz CT molecular complexity index is 2330. The number of benzene rings is 3. The number of fused-ring (bicyclic) bond motifs is 3. The molecule has 3 heterocycles. The van der Waals surface area contributed by atoms with Crippen LogP contribution in [0.5, 0.6) is 17.2 Å². The number of anilines is 1. The molecule has 3 amide bonds. The first-order valence-corrected chi connectivity index (χ1v) is 21.7. The van der Waals surface area contributed by atoms with Crippen LogP contribution in [-0.4, -0.2) is 119 Å². The van der Waals surface area contributed by atoms with Gasteiger partial charge in [0.1, 0.15) is 41.3 Å². The first-order chi connectivity index (χ1) is 32.2. The van der Waals surface area contributed by atoms with Gasteiger partial charge in [0.15, 0.2) is 17.5 Å². The number of aliphatic hydroxyl groups is 2. The predicted molar refractivity (Wildman–Crippen MR) is 239 cm³/mol. The van der Waals surface area contributed by atoms with Gasteiger partial charge in [0.05, 0.1) is 52.1 Å². The van der Waals surface area contributed by atoms with E-state index in [2.05, 4.69) is 17.2 Å². The molecule has 1 aliphatic carbocycles. The lowest BCUT2D eigenvalue weighted by atomic mass is 9.70. The molecular weight excluding hydrogens is 873 g/mol. The van der Waals surface area contributed by atoms with Crippen molar-refractivity contribution in [3.05, 3.63) is 120 Å². The number of urea groups is 1. The highest BCUT2D eigenvalue weighted by Crippen LogP contribution is 2.68. The molecule has 1 unspecified atom stereocenters. The first kappa shape index (κ1) is 48.9. The molecule has 1 saturated carbocycles. The first-order valence-electron chi connectivity index (χ1n) is 21.7. The third-order valence-corrected chi connectivity index (χ3v) is 12.5. The van der Waals surface area contributed by atoms with Gasteiger partial charge in [-0.2, -0.15) is 0 Å². The summed E-state index contributed by atoms with van der Waals surface area (Å²) in [5.41, 5.74) is 8.88. The van der Waals surface area contributed by atoms with Gasteiger partial charge in [-0.15, -0.1) is 0 Å². The summed E-state index contributed by atoms with van der Waals surface area (Å²) in [6.45, 7) is 6.70. The molecule has 7 rings (SSSR count). The molecule has 360 valence electrons. The quantitative estimate of drug-likeness (QED) is 0.0461. The lowest BCUT2D eigenvalue weighted by Crippen LogP contribution is -2.55. The van der Waals surface area contributed by atoms with Crippen LogP contribution in [0.4, 0.5) is 10.5 Å². The number of ether oxygens (including phenoxy) is 10. The average Bonchev–Trinajstić information content (AvgIpc) is 3.99. The summed E-state index contributed by atoms with van der Waals surface area (Å²) >= 11 is 0. The SMILES string of the molecule is C=C(/C=C\C(=C/C)OC)[C@@]12Oc3cc(O[C@@H]4O[C@@H]([C@H]5COC(c6ccc(NC(=O)[C@@H](N)CCCNC(N)=O)cc6)O5)CO[C@H]4OC)cc(OC)c3[C@]1(O)[C@H](O)[C@H](C(=O)OC)[C@H]2c1ccccc1. The lowest BCUT2D eigenvalue weighted by molar-refractivity contribution is -0.323. The van der Waals surface area contributed by atoms with E-state index in [1.54, 1.807) is 73.7 Å². The van der Waals surface area contributed by atoms with Gasteiger partial charge in [-0.25, -0.2) is 4.79 Å². The molecule has 4 aliphatic rings. The van der Waals surface area contributed by atoms with Gasteiger partial charge >= 0.3 is 12.0 Å². The Morgan fingerprint density at radius 3 is 2.31 bits per heavy atom. The van der Waals surface area contributed by atoms with Crippen molar-refractivity contribution in [3.63, 3.8) is 0 Å². The van der Waals surface area contributed by atoms with Crippen LogP contribution in [-0.2, 0) is 48.3 Å². The number of esters is 1. The Morgan fingerprint density at radius 2 is 1.66 bits per heavy atom. The maximum Gasteiger partial charge on any atom is 0.312 e. The number of carbonyl (C=O) groups excluding carboxylic acids is 3. The van der Waals surface area contributed by atoms with Crippen LogP contribution in [0.3, 0.4) is 0 Å². The Morgan fingerprint density at radius 1 is 0.940 bits per heavy atom. The zero-order valence-corrected chi connectivity index (χ0v) is 37.9. The average molecular weight is 931 g/mol. The molecule has 0 radical (unpaired) electrons. The van der Waals surface area contributed by atoms with Crippen LogP contribution in [0, 0.1) is 5.92 Å². The van der Waals surface area contributed by atoms with E-state index in [4.69, 9.17) is 58.8 Å². The van der Waals surface area contributed by atoms with Crippen molar-refractivity contribution in [2.45, 2.75) is 80.1 Å². The molecule has 0 aromatic heterocycles. The van der Waals surface area contributed by atoms with E-state index in [0.29, 0.717) is 42.0 Å². The number of hydrogen-bond donors (Lipinski definition) is 6. The molecule has 3 aromatic rings. The van der Waals surface area contributed by atoms with Crippen molar-refractivity contribution in [3.8, 4) is 17.2 Å². The highest BCUT2D eigenvalue weighted by atomic mass is 16.8. The molecule has 0 bridgehead atoms. The number of hydrogen-bond acceptors (Lipinski definition) is 16. The van der Waals surface area contributed by atoms with Crippen molar-refractivity contribution in [2.75, 3.05) is 53.5 Å². The maximum absolute atomic E-state index is 13.7. The van der Waals surface area contributed by atoms with Crippen molar-refractivity contribution >= 4 is 23.6 Å². The van der Waals surface area contributed by atoms with Crippen LogP contribution in [0.15, 0.2) is 103 Å². The summed E-state index contributed by atoms with van der Waals surface area (Å²) in [4.78, 5) is 37.2. The van der Waals surface area contributed by atoms with E-state index >= 15 is 0 Å². The van der Waals surface area contributed by atoms with E-state index in [-0.39, 0.29) is 47.5 Å². The lowest BCUT2D eigenvalue weighted by Gasteiger charge is -2.41. The molecule has 3 aromatic carbocycles. The normalized spacial score (nSPS) is 29.3. The number of nitrogens with two attached hydrogens (primary N) is 2. The number of primary amides is 1. The van der Waals surface area contributed by atoms with E-state index in [1.165, 1.54) is 40.6 Å². The molecule has 3 aliphatic heterocycles. The maximum atomic E-state index is 13.7. The van der Waals surface area contributed by atoms with Crippen LogP contribution < -0.4 is 36.3 Å². The van der Waals surface area contributed by atoms with Crippen LogP contribution in [0.25, 0.3) is 0 Å². The zero-order chi connectivity index (χ0) is 48.0. The molecule has 2 saturated heterocycles. The van der Waals surface area contributed by atoms with Gasteiger partial charge in [-0.1, -0.05) is 55.1 Å². The number of methoxy groups -OCH3 is 4. The molecular formula is C48H58N4O15. The number of allylic oxidation sites excluding steroid dienone is 2. The van der Waals surface area contributed by atoms with Gasteiger partial charge in [-0.3, -0.25) is 9.59 Å². The molecule has 19 heteroatoms. The standard InChI is InChI=1S/C48H58N4O15/c1-7-30(58-3)20-15-26(2)48-38(27-12-9-8-10-13-27)37(42(55)60-5)40(53)47(48,57)39-33(59-4)22-31(23-34(39)67-48)64-45-44(61-6)63-25-36(66-45)35-24-62-43(65-35)28-16-18-29(19-17-28)52-41(54)32(49)14-11-21-51-46(50)56/h7-10,12-13,15-20,22-23,32,35-38,40,43-45,53,57H,2,11,14,21,24-25,49H2,1,3-6H3,(H,52,54)(H3,50,51,56)/b20-15-,30-7+/t32-,35+,36+,37+,38+,40+,43?,44+,45+,47-,48-/m0/s1. The number of amides is 3. The van der Waals surface area contributed by atoms with Gasteiger partial charge < -0.3 is 79.7 Å². The van der Waals surface area contributed by atoms with Gasteiger partial charge in [0.25, 0.3) is 6.29 Å². The monoisotopic (exact) mass is 930 g/mol. The summed E-state index contributed by atoms with van der Waals surface area (Å²) < 4.78 is 60.3. The van der Waals surface area contributed by atoms with Gasteiger partial charge in [-0.05, 0) is 55.2 Å². The fraction of sp³-hybridized carbons (Fsp3) is 0.438. The number of carbonyl (C=O) groups is 3. The highest BCUT2D eigenvalue weighted by molar-refractivity contribution is 5.94. The number of rotatable bonds is 18. The van der Waals surface area contributed by atoms with Crippen LogP contribution >= 0.6 is 0 Å². The Balaban J connectivity index is 1.11. The van der Waals surface area contributed by atoms with Crippen LogP contribution in [0.1, 0.15) is 48.7 Å². The van der Waals surface area contributed by atoms with E-state index in [1.807, 2.05) is 6.07 Å². The van der Waals surface area contributed by atoms with Crippen LogP contribution in [0.2, 0.25) is 0 Å². The summed E-state index contributed by atoms with van der Waals surface area (Å²) in [7, 11) is 5.56. The van der Waals surface area contributed by atoms with Crippen molar-refractivity contribution in [1.82, 2.24) is 5.32 Å². The third-order valence-electron chi connectivity index (χ3n) is 12.5. The summed E-state index contributed by atoms with van der Waals surface area (Å²) in [5, 5.41) is 30.8. The minimum absolute atomic E-state index is 0.0599. The van der Waals surface area contributed by atoms with Crippen molar-refractivity contribution in [1.29, 1.82) is 0 Å². The van der Waals surface area contributed by atoms with E-state index in [9.17, 15) is 24.6 Å². The van der Waals surface area contributed by atoms with E-state index in [0.717, 1.165) is 0 Å². The Kier molecular flexibility index (Phi) is 15.2. The number of nitrogens with one attached hydrogen (secondary N) is 2. The smallest absolute Gasteiger partial charge is 0.312 e. The van der Waals surface area contributed by atoms with Gasteiger partial charge in [0, 0.05) is 43.0 Å². The Hall–Kier alpha value is -6.03. The summed E-state index contributed by atoms with van der Waals surface area (Å²) in [6, 6.07) is 17.5. The molecule has 8 N–H and O–H groups in total. The Labute approximate surface area is 387 Å².